The van der Waals surface area contributed by atoms with Crippen molar-refractivity contribution in [3.63, 3.8) is 0 Å². The van der Waals surface area contributed by atoms with E-state index >= 15 is 0 Å². The van der Waals surface area contributed by atoms with Crippen molar-refractivity contribution in [3.05, 3.63) is 17.0 Å². The molecule has 0 aliphatic carbocycles. The minimum atomic E-state index is -3.46. The van der Waals surface area contributed by atoms with Crippen LogP contribution in [0.5, 0.6) is 0 Å². The number of aliphatic hydroxyl groups excluding tert-OH is 1. The van der Waals surface area contributed by atoms with Crippen LogP contribution in [0.25, 0.3) is 0 Å². The topological polar surface area (TPSA) is 69.6 Å². The Morgan fingerprint density at radius 1 is 1.35 bits per heavy atom. The monoisotopic (exact) mass is 320 g/mol. The maximum atomic E-state index is 12.2. The molecule has 0 saturated heterocycles. The third-order valence-electron chi connectivity index (χ3n) is 3.04. The van der Waals surface area contributed by atoms with E-state index in [1.54, 1.807) is 12.1 Å². The number of rotatable bonds is 9. The predicted octanol–water partition coefficient (Wildman–Crippen LogP) is 1.29. The van der Waals surface area contributed by atoms with Crippen molar-refractivity contribution in [2.75, 3.05) is 26.2 Å². The molecule has 0 aliphatic rings. The van der Waals surface area contributed by atoms with E-state index in [9.17, 15) is 8.42 Å². The number of hydrogen-bond acceptors (Lipinski definition) is 5. The lowest BCUT2D eigenvalue weighted by Crippen LogP contribution is -2.41. The van der Waals surface area contributed by atoms with Gasteiger partial charge in [0.25, 0.3) is 0 Å². The predicted molar refractivity (Wildman–Crippen MR) is 82.7 cm³/mol. The van der Waals surface area contributed by atoms with Crippen molar-refractivity contribution in [1.82, 2.24) is 9.62 Å². The fourth-order valence-electron chi connectivity index (χ4n) is 1.98. The summed E-state index contributed by atoms with van der Waals surface area (Å²) in [5.74, 6) is 0. The van der Waals surface area contributed by atoms with E-state index in [1.807, 2.05) is 6.92 Å². The van der Waals surface area contributed by atoms with E-state index in [1.165, 1.54) is 11.3 Å². The van der Waals surface area contributed by atoms with Crippen LogP contribution in [0, 0.1) is 0 Å². The molecule has 116 valence electrons. The van der Waals surface area contributed by atoms with Crippen molar-refractivity contribution in [2.24, 2.45) is 0 Å². The van der Waals surface area contributed by atoms with Crippen LogP contribution >= 0.6 is 11.3 Å². The minimum absolute atomic E-state index is 0.0335. The molecule has 0 aliphatic heterocycles. The van der Waals surface area contributed by atoms with Crippen LogP contribution in [0.4, 0.5) is 0 Å². The number of nitrogens with one attached hydrogen (secondary N) is 1. The summed E-state index contributed by atoms with van der Waals surface area (Å²) in [6.45, 7) is 8.53. The highest BCUT2D eigenvalue weighted by Crippen LogP contribution is 2.22. The highest BCUT2D eigenvalue weighted by atomic mass is 32.2. The number of sulfonamides is 1. The van der Waals surface area contributed by atoms with Crippen LogP contribution < -0.4 is 4.72 Å². The Labute approximate surface area is 125 Å². The molecule has 1 rings (SSSR count). The van der Waals surface area contributed by atoms with Crippen LogP contribution in [0.3, 0.4) is 0 Å². The lowest BCUT2D eigenvalue weighted by molar-refractivity contribution is 0.282. The number of hydrogen-bond donors (Lipinski definition) is 2. The van der Waals surface area contributed by atoms with Gasteiger partial charge >= 0.3 is 0 Å². The fourth-order valence-corrected chi connectivity index (χ4v) is 4.57. The summed E-state index contributed by atoms with van der Waals surface area (Å²) in [4.78, 5) is 3.06. The highest BCUT2D eigenvalue weighted by Gasteiger charge is 2.20. The SMILES string of the molecule is CCN(CC)CC(C)NS(=O)(=O)c1ccc(CCO)s1. The Hall–Kier alpha value is -0.470. The Bertz CT molecular complexity index is 495. The molecule has 1 aromatic heterocycles. The Kier molecular flexibility index (Phi) is 7.11. The van der Waals surface area contributed by atoms with Gasteiger partial charge in [-0.05, 0) is 32.1 Å². The molecule has 0 radical (unpaired) electrons. The summed E-state index contributed by atoms with van der Waals surface area (Å²) in [5, 5.41) is 8.87. The van der Waals surface area contributed by atoms with Crippen LogP contribution in [-0.4, -0.2) is 50.7 Å². The van der Waals surface area contributed by atoms with Crippen molar-refractivity contribution in [1.29, 1.82) is 0 Å². The molecular weight excluding hydrogens is 296 g/mol. The Morgan fingerprint density at radius 3 is 2.55 bits per heavy atom. The lowest BCUT2D eigenvalue weighted by atomic mass is 10.3. The van der Waals surface area contributed by atoms with Gasteiger partial charge in [0.05, 0.1) is 0 Å². The molecule has 1 atom stereocenters. The molecule has 1 unspecified atom stereocenters. The first kappa shape index (κ1) is 17.6. The van der Waals surface area contributed by atoms with E-state index < -0.39 is 10.0 Å². The molecule has 5 nitrogen and oxygen atoms in total. The molecule has 0 bridgehead atoms. The Morgan fingerprint density at radius 2 is 2.00 bits per heavy atom. The number of likely N-dealkylation sites (N-methyl/N-ethyl adjacent to an activating group) is 1. The van der Waals surface area contributed by atoms with Gasteiger partial charge in [-0.25, -0.2) is 13.1 Å². The quantitative estimate of drug-likeness (QED) is 0.719. The lowest BCUT2D eigenvalue weighted by Gasteiger charge is -2.23. The van der Waals surface area contributed by atoms with Gasteiger partial charge in [-0.15, -0.1) is 11.3 Å². The fraction of sp³-hybridized carbons (Fsp3) is 0.692. The zero-order chi connectivity index (χ0) is 15.2. The van der Waals surface area contributed by atoms with E-state index in [0.717, 1.165) is 18.0 Å². The smallest absolute Gasteiger partial charge is 0.250 e. The summed E-state index contributed by atoms with van der Waals surface area (Å²) in [6.07, 6.45) is 0.495. The van der Waals surface area contributed by atoms with Gasteiger partial charge in [0, 0.05) is 30.5 Å². The van der Waals surface area contributed by atoms with Crippen molar-refractivity contribution >= 4 is 21.4 Å². The second-order valence-corrected chi connectivity index (χ2v) is 7.81. The standard InChI is InChI=1S/C13H24N2O3S2/c1-4-15(5-2)10-11(3)14-20(17,18)13-7-6-12(19-13)8-9-16/h6-7,11,14,16H,4-5,8-10H2,1-3H3. The van der Waals surface area contributed by atoms with E-state index in [-0.39, 0.29) is 12.6 Å². The van der Waals surface area contributed by atoms with Gasteiger partial charge in [0.1, 0.15) is 4.21 Å². The van der Waals surface area contributed by atoms with Crippen molar-refractivity contribution in [3.8, 4) is 0 Å². The largest absolute Gasteiger partial charge is 0.396 e. The summed E-state index contributed by atoms with van der Waals surface area (Å²) >= 11 is 1.21. The average molecular weight is 320 g/mol. The van der Waals surface area contributed by atoms with Crippen LogP contribution in [-0.2, 0) is 16.4 Å². The van der Waals surface area contributed by atoms with Crippen LogP contribution in [0.15, 0.2) is 16.3 Å². The second-order valence-electron chi connectivity index (χ2n) is 4.70. The third-order valence-corrected chi connectivity index (χ3v) is 6.27. The molecule has 0 aromatic carbocycles. The molecule has 0 spiro atoms. The molecule has 1 aromatic rings. The van der Waals surface area contributed by atoms with E-state index in [2.05, 4.69) is 23.5 Å². The third kappa shape index (κ3) is 5.14. The van der Waals surface area contributed by atoms with Crippen LogP contribution in [0.1, 0.15) is 25.6 Å². The molecule has 0 saturated carbocycles. The molecular formula is C13H24N2O3S2. The molecule has 7 heteroatoms. The molecule has 20 heavy (non-hydrogen) atoms. The summed E-state index contributed by atoms with van der Waals surface area (Å²) in [7, 11) is -3.46. The minimum Gasteiger partial charge on any atom is -0.396 e. The maximum absolute atomic E-state index is 12.2. The van der Waals surface area contributed by atoms with Gasteiger partial charge in [-0.3, -0.25) is 0 Å². The first-order chi connectivity index (χ1) is 9.42. The molecule has 0 amide bonds. The molecule has 2 N–H and O–H groups in total. The van der Waals surface area contributed by atoms with Crippen molar-refractivity contribution in [2.45, 2.75) is 37.4 Å². The number of aliphatic hydroxyl groups is 1. The first-order valence-corrected chi connectivity index (χ1v) is 9.17. The Balaban J connectivity index is 2.68. The number of nitrogens with zero attached hydrogens (tertiary/aromatic N) is 1. The van der Waals surface area contributed by atoms with E-state index in [4.69, 9.17) is 5.11 Å². The summed E-state index contributed by atoms with van der Waals surface area (Å²) in [6, 6.07) is 3.22. The normalized spacial score (nSPS) is 13.8. The summed E-state index contributed by atoms with van der Waals surface area (Å²) in [5.41, 5.74) is 0. The van der Waals surface area contributed by atoms with Crippen LogP contribution in [0.2, 0.25) is 0 Å². The van der Waals surface area contributed by atoms with Gasteiger partial charge in [-0.2, -0.15) is 0 Å². The average Bonchev–Trinajstić information content (AvgIpc) is 2.85. The number of thiophene rings is 1. The van der Waals surface area contributed by atoms with Crippen molar-refractivity contribution < 1.29 is 13.5 Å². The second kappa shape index (κ2) is 8.09. The highest BCUT2D eigenvalue weighted by molar-refractivity contribution is 7.91. The summed E-state index contributed by atoms with van der Waals surface area (Å²) < 4.78 is 27.5. The van der Waals surface area contributed by atoms with Gasteiger partial charge < -0.3 is 10.0 Å². The zero-order valence-corrected chi connectivity index (χ0v) is 13.9. The zero-order valence-electron chi connectivity index (χ0n) is 12.3. The van der Waals surface area contributed by atoms with Gasteiger partial charge in [0.15, 0.2) is 0 Å². The van der Waals surface area contributed by atoms with Gasteiger partial charge in [-0.1, -0.05) is 13.8 Å². The molecule has 0 fully saturated rings. The maximum Gasteiger partial charge on any atom is 0.250 e. The van der Waals surface area contributed by atoms with Gasteiger partial charge in [0.2, 0.25) is 10.0 Å². The van der Waals surface area contributed by atoms with E-state index in [0.29, 0.717) is 17.2 Å². The molecule has 1 heterocycles. The first-order valence-electron chi connectivity index (χ1n) is 6.87.